The summed E-state index contributed by atoms with van der Waals surface area (Å²) in [7, 11) is 0. The molecule has 5 rings (SSSR count). The molecule has 0 bridgehead atoms. The average molecular weight is 795 g/mol. The van der Waals surface area contributed by atoms with Crippen molar-refractivity contribution in [2.24, 2.45) is 5.92 Å². The second-order valence-corrected chi connectivity index (χ2v) is 16.4. The molecule has 12 heteroatoms. The maximum Gasteiger partial charge on any atom is 0.408 e. The van der Waals surface area contributed by atoms with E-state index in [4.69, 9.17) is 18.9 Å². The number of esters is 2. The number of amides is 2. The summed E-state index contributed by atoms with van der Waals surface area (Å²) >= 11 is 0. The highest BCUT2D eigenvalue weighted by molar-refractivity contribution is 5.96. The highest BCUT2D eigenvalue weighted by Gasteiger charge is 2.44. The number of carbonyl (C=O) groups excluding carboxylic acids is 4. The van der Waals surface area contributed by atoms with Crippen LogP contribution in [0.2, 0.25) is 0 Å². The van der Waals surface area contributed by atoms with Crippen LogP contribution in [0, 0.1) is 5.92 Å². The Bertz CT molecular complexity index is 1980. The Morgan fingerprint density at radius 3 is 1.40 bits per heavy atom. The summed E-state index contributed by atoms with van der Waals surface area (Å²) in [5.74, 6) is -4.84. The molecule has 4 aromatic carbocycles. The van der Waals surface area contributed by atoms with Crippen molar-refractivity contribution < 1.29 is 48.0 Å². The smallest absolute Gasteiger partial charge is 0.408 e. The van der Waals surface area contributed by atoms with Crippen molar-refractivity contribution in [2.45, 2.75) is 104 Å². The number of carboxylic acid groups (broad SMARTS) is 1. The minimum Gasteiger partial charge on any atom is -0.480 e. The molecule has 1 heterocycles. The lowest BCUT2D eigenvalue weighted by molar-refractivity contribution is -0.240. The van der Waals surface area contributed by atoms with Crippen molar-refractivity contribution >= 4 is 30.1 Å². The lowest BCUT2D eigenvalue weighted by Gasteiger charge is -2.34. The Morgan fingerprint density at radius 2 is 1.00 bits per heavy atom. The van der Waals surface area contributed by atoms with Gasteiger partial charge in [0.2, 0.25) is 0 Å². The monoisotopic (exact) mass is 794 g/mol. The largest absolute Gasteiger partial charge is 0.480 e. The number of hydrogen-bond acceptors (Lipinski definition) is 9. The summed E-state index contributed by atoms with van der Waals surface area (Å²) in [6.45, 7) is 13.5. The van der Waals surface area contributed by atoms with Crippen LogP contribution in [-0.4, -0.2) is 64.3 Å². The average Bonchev–Trinajstić information content (AvgIpc) is 3.12. The number of hydrogen-bond donors (Lipinski definition) is 3. The molecule has 58 heavy (non-hydrogen) atoms. The lowest BCUT2D eigenvalue weighted by Crippen LogP contribution is -2.49. The van der Waals surface area contributed by atoms with Gasteiger partial charge >= 0.3 is 30.1 Å². The summed E-state index contributed by atoms with van der Waals surface area (Å²) in [5, 5.41) is 14.6. The molecule has 1 aliphatic heterocycles. The third-order valence-electron chi connectivity index (χ3n) is 8.54. The molecule has 0 radical (unpaired) electrons. The quantitative estimate of drug-likeness (QED) is 0.0761. The standard InChI is InChI=1S/C26H31NO6.C20H23NO4/c1-25(2,3)33-24(30)27-20(16-21-22(28)31-26(4,5)32-23(21)29)15-17-11-13-19(14-12-17)18-9-7-6-8-10-18;1-20(2,3)25-19(24)21-17(18(22)23)13-14-9-11-16(12-10-14)15-7-5-4-6-8-15/h6-14,20-21H,15-16H2,1-5H3,(H,27,30);4-12,17H,13H2,1-3H3,(H,21,24)(H,22,23)/t20-;17-/m11/s1. The first kappa shape index (κ1) is 44.5. The second kappa shape index (κ2) is 19.3. The molecule has 3 N–H and O–H groups in total. The zero-order valence-corrected chi connectivity index (χ0v) is 34.4. The molecule has 0 saturated carbocycles. The van der Waals surface area contributed by atoms with E-state index in [1.165, 1.54) is 13.8 Å². The van der Waals surface area contributed by atoms with Crippen LogP contribution in [0.1, 0.15) is 72.9 Å². The zero-order chi connectivity index (χ0) is 42.7. The molecule has 0 spiro atoms. The molecule has 2 atom stereocenters. The van der Waals surface area contributed by atoms with E-state index in [9.17, 15) is 29.1 Å². The molecule has 0 aromatic heterocycles. The molecular weight excluding hydrogens is 741 g/mol. The highest BCUT2D eigenvalue weighted by atomic mass is 16.7. The SMILES string of the molecule is CC(C)(C)OC(=O)N[C@H](Cc1ccc(-c2ccccc2)cc1)C(=O)O.CC(C)(C)OC(=O)N[C@H](Cc1ccc(-c2ccccc2)cc1)CC1C(=O)OC(C)(C)OC1=O. The first-order valence-corrected chi connectivity index (χ1v) is 19.1. The number of cyclic esters (lactones) is 2. The van der Waals surface area contributed by atoms with E-state index < -0.39 is 65.1 Å². The first-order valence-electron chi connectivity index (χ1n) is 19.1. The Kier molecular flexibility index (Phi) is 14.8. The number of ether oxygens (including phenoxy) is 4. The molecule has 1 fully saturated rings. The third kappa shape index (κ3) is 14.7. The summed E-state index contributed by atoms with van der Waals surface area (Å²) in [6, 6.07) is 33.9. The van der Waals surface area contributed by atoms with Gasteiger partial charge in [0.05, 0.1) is 0 Å². The van der Waals surface area contributed by atoms with E-state index in [1.54, 1.807) is 41.5 Å². The van der Waals surface area contributed by atoms with Gasteiger partial charge in [-0.2, -0.15) is 0 Å². The normalized spacial score (nSPS) is 15.0. The lowest BCUT2D eigenvalue weighted by atomic mass is 9.93. The molecule has 2 amide bonds. The van der Waals surface area contributed by atoms with Gasteiger partial charge in [-0.15, -0.1) is 0 Å². The van der Waals surface area contributed by atoms with Crippen molar-refractivity contribution in [3.05, 3.63) is 120 Å². The first-order chi connectivity index (χ1) is 27.2. The molecular formula is C46H54N2O10. The topological polar surface area (TPSA) is 167 Å². The zero-order valence-electron chi connectivity index (χ0n) is 34.4. The molecule has 12 nitrogen and oxygen atoms in total. The minimum atomic E-state index is -1.30. The predicted molar refractivity (Wildman–Crippen MR) is 219 cm³/mol. The second-order valence-electron chi connectivity index (χ2n) is 16.4. The minimum absolute atomic E-state index is 0.0351. The van der Waals surface area contributed by atoms with Gasteiger partial charge in [0.25, 0.3) is 5.79 Å². The van der Waals surface area contributed by atoms with E-state index in [0.717, 1.165) is 33.4 Å². The molecule has 4 aromatic rings. The number of alkyl carbamates (subject to hydrolysis) is 2. The van der Waals surface area contributed by atoms with E-state index in [0.29, 0.717) is 6.42 Å². The Morgan fingerprint density at radius 1 is 0.621 bits per heavy atom. The number of nitrogens with one attached hydrogen (secondary N) is 2. The van der Waals surface area contributed by atoms with Gasteiger partial charge in [0.1, 0.15) is 17.2 Å². The maximum atomic E-state index is 12.5. The van der Waals surface area contributed by atoms with Crippen molar-refractivity contribution in [1.82, 2.24) is 10.6 Å². The van der Waals surface area contributed by atoms with Crippen molar-refractivity contribution in [3.63, 3.8) is 0 Å². The van der Waals surface area contributed by atoms with Crippen LogP contribution in [0.3, 0.4) is 0 Å². The van der Waals surface area contributed by atoms with Gasteiger partial charge in [-0.3, -0.25) is 9.59 Å². The number of carbonyl (C=O) groups is 5. The van der Waals surface area contributed by atoms with E-state index in [-0.39, 0.29) is 12.8 Å². The van der Waals surface area contributed by atoms with Crippen molar-refractivity contribution in [1.29, 1.82) is 0 Å². The van der Waals surface area contributed by atoms with Gasteiger partial charge < -0.3 is 34.7 Å². The summed E-state index contributed by atoms with van der Waals surface area (Å²) in [4.78, 5) is 60.6. The van der Waals surface area contributed by atoms with Crippen LogP contribution >= 0.6 is 0 Å². The molecule has 1 aliphatic rings. The Balaban J connectivity index is 0.000000267. The van der Waals surface area contributed by atoms with E-state index in [2.05, 4.69) is 10.6 Å². The summed E-state index contributed by atoms with van der Waals surface area (Å²) < 4.78 is 21.0. The summed E-state index contributed by atoms with van der Waals surface area (Å²) in [5.41, 5.74) is 4.72. The van der Waals surface area contributed by atoms with Crippen molar-refractivity contribution in [3.8, 4) is 22.3 Å². The maximum absolute atomic E-state index is 12.5. The van der Waals surface area contributed by atoms with Crippen LogP contribution in [0.5, 0.6) is 0 Å². The number of carboxylic acids is 1. The molecule has 308 valence electrons. The number of aliphatic carboxylic acids is 1. The number of benzene rings is 4. The van der Waals surface area contributed by atoms with Gasteiger partial charge in [0.15, 0.2) is 5.92 Å². The van der Waals surface area contributed by atoms with Crippen LogP contribution in [0.15, 0.2) is 109 Å². The van der Waals surface area contributed by atoms with Gasteiger partial charge in [-0.1, -0.05) is 109 Å². The van der Waals surface area contributed by atoms with Crippen LogP contribution in [0.4, 0.5) is 9.59 Å². The Hall–Kier alpha value is -6.17. The van der Waals surface area contributed by atoms with Gasteiger partial charge in [-0.05, 0) is 87.8 Å². The Labute approximate surface area is 340 Å². The fourth-order valence-electron chi connectivity index (χ4n) is 5.99. The fraction of sp³-hybridized carbons (Fsp3) is 0.370. The molecule has 0 unspecified atom stereocenters. The number of rotatable bonds is 11. The van der Waals surface area contributed by atoms with E-state index in [1.807, 2.05) is 109 Å². The highest BCUT2D eigenvalue weighted by Crippen LogP contribution is 2.28. The van der Waals surface area contributed by atoms with Crippen LogP contribution < -0.4 is 10.6 Å². The van der Waals surface area contributed by atoms with Gasteiger partial charge in [0, 0.05) is 26.3 Å². The third-order valence-corrected chi connectivity index (χ3v) is 8.54. The van der Waals surface area contributed by atoms with E-state index >= 15 is 0 Å². The van der Waals surface area contributed by atoms with Crippen LogP contribution in [0.25, 0.3) is 22.3 Å². The van der Waals surface area contributed by atoms with Crippen molar-refractivity contribution in [2.75, 3.05) is 0 Å². The molecule has 1 saturated heterocycles. The molecule has 0 aliphatic carbocycles. The van der Waals surface area contributed by atoms with Crippen LogP contribution in [-0.2, 0) is 46.2 Å². The summed E-state index contributed by atoms with van der Waals surface area (Å²) in [6.07, 6.45) is -0.738. The fourth-order valence-corrected chi connectivity index (χ4v) is 5.99. The predicted octanol–water partition coefficient (Wildman–Crippen LogP) is 8.51. The van der Waals surface area contributed by atoms with Gasteiger partial charge in [-0.25, -0.2) is 14.4 Å².